The summed E-state index contributed by atoms with van der Waals surface area (Å²) in [6.45, 7) is 11.1. The summed E-state index contributed by atoms with van der Waals surface area (Å²) in [4.78, 5) is 23.5. The van der Waals surface area contributed by atoms with Crippen molar-refractivity contribution in [2.75, 3.05) is 13.7 Å². The number of allylic oxidation sites excluding steroid dienone is 2. The summed E-state index contributed by atoms with van der Waals surface area (Å²) in [5.41, 5.74) is 5.80. The van der Waals surface area contributed by atoms with E-state index >= 15 is 0 Å². The number of rotatable bonds is 5. The minimum absolute atomic E-state index is 0.151. The van der Waals surface area contributed by atoms with E-state index in [9.17, 15) is 4.79 Å². The Kier molecular flexibility index (Phi) is 6.96. The maximum absolute atomic E-state index is 13.1. The molecule has 0 bridgehead atoms. The number of nitrogens with one attached hydrogen (secondary N) is 1. The van der Waals surface area contributed by atoms with Crippen LogP contribution in [0.3, 0.4) is 0 Å². The maximum atomic E-state index is 13.1. The lowest BCUT2D eigenvalue weighted by Gasteiger charge is -2.49. The van der Waals surface area contributed by atoms with Crippen molar-refractivity contribution in [2.45, 2.75) is 65.4 Å². The zero-order valence-corrected chi connectivity index (χ0v) is 24.9. The van der Waals surface area contributed by atoms with Crippen LogP contribution in [0.5, 0.6) is 5.75 Å². The normalized spacial score (nSPS) is 22.2. The third-order valence-electron chi connectivity index (χ3n) is 9.13. The molecule has 4 aromatic rings. The number of fused-ring (bicyclic) bond motifs is 9. The number of carbonyl (C=O) groups is 1. The van der Waals surface area contributed by atoms with E-state index in [0.717, 1.165) is 57.2 Å². The lowest BCUT2D eigenvalue weighted by Crippen LogP contribution is -2.46. The zero-order chi connectivity index (χ0) is 28.9. The fourth-order valence-corrected chi connectivity index (χ4v) is 6.88. The first-order valence-corrected chi connectivity index (χ1v) is 14.7. The molecule has 1 amide bonds. The molecule has 3 unspecified atom stereocenters. The van der Waals surface area contributed by atoms with Crippen molar-refractivity contribution in [1.82, 2.24) is 15.3 Å². The molecule has 1 aliphatic heterocycles. The van der Waals surface area contributed by atoms with Crippen LogP contribution in [0, 0.1) is 11.8 Å². The summed E-state index contributed by atoms with van der Waals surface area (Å²) in [5, 5.41) is 5.14. The summed E-state index contributed by atoms with van der Waals surface area (Å²) in [6, 6.07) is 14.0. The van der Waals surface area contributed by atoms with Crippen LogP contribution in [0.15, 0.2) is 65.9 Å². The number of hydrogen-bond donors (Lipinski definition) is 1. The molecule has 0 saturated heterocycles. The van der Waals surface area contributed by atoms with Crippen LogP contribution in [0.2, 0.25) is 0 Å². The molecule has 1 saturated carbocycles. The molecule has 2 heterocycles. The van der Waals surface area contributed by atoms with Crippen LogP contribution in [0.1, 0.15) is 75.7 Å². The Morgan fingerprint density at radius 1 is 1.10 bits per heavy atom. The zero-order valence-electron chi connectivity index (χ0n) is 24.9. The van der Waals surface area contributed by atoms with Gasteiger partial charge in [0.15, 0.2) is 0 Å². The Labute approximate surface area is 241 Å². The third kappa shape index (κ3) is 4.83. The molecule has 41 heavy (non-hydrogen) atoms. The number of hydrogen-bond acceptors (Lipinski definition) is 5. The Morgan fingerprint density at radius 2 is 1.85 bits per heavy atom. The molecule has 0 radical (unpaired) electrons. The van der Waals surface area contributed by atoms with Gasteiger partial charge < -0.3 is 14.8 Å². The van der Waals surface area contributed by atoms with Crippen molar-refractivity contribution < 1.29 is 14.3 Å². The first kappa shape index (κ1) is 27.3. The lowest BCUT2D eigenvalue weighted by molar-refractivity contribution is -0.0115. The van der Waals surface area contributed by atoms with Gasteiger partial charge >= 0.3 is 0 Å². The van der Waals surface area contributed by atoms with E-state index in [1.54, 1.807) is 7.11 Å². The standard InChI is InChI=1S/C35H39N3O3/c1-7-22(17-21(3)40-6)19-36-34(39)23-13-15-28-29(18-23)38-31-24-10-8-9-11-25(24)33-30(32(31)37-28)26-16-20(2)12-14-27(26)35(4,5)41-33/h7-11,13,15,17-18,20,26-27H,12,14,16,19H2,1-6H3,(H,36,39). The highest BCUT2D eigenvalue weighted by molar-refractivity contribution is 6.11. The molecule has 1 aliphatic carbocycles. The van der Waals surface area contributed by atoms with Crippen LogP contribution < -0.4 is 10.1 Å². The van der Waals surface area contributed by atoms with Gasteiger partial charge in [0.1, 0.15) is 11.4 Å². The van der Waals surface area contributed by atoms with Crippen molar-refractivity contribution in [3.8, 4) is 5.75 Å². The van der Waals surface area contributed by atoms with E-state index in [1.807, 2.05) is 50.3 Å². The van der Waals surface area contributed by atoms with Crippen molar-refractivity contribution in [2.24, 2.45) is 11.8 Å². The van der Waals surface area contributed by atoms with Gasteiger partial charge in [0, 0.05) is 34.4 Å². The number of carbonyl (C=O) groups excluding carboxylic acids is 1. The van der Waals surface area contributed by atoms with E-state index in [1.165, 1.54) is 12.0 Å². The summed E-state index contributed by atoms with van der Waals surface area (Å²) in [7, 11) is 1.64. The highest BCUT2D eigenvalue weighted by Crippen LogP contribution is 2.56. The number of ether oxygens (including phenoxy) is 2. The van der Waals surface area contributed by atoms with Gasteiger partial charge in [-0.3, -0.25) is 4.79 Å². The highest BCUT2D eigenvalue weighted by atomic mass is 16.5. The monoisotopic (exact) mass is 549 g/mol. The minimum Gasteiger partial charge on any atom is -0.501 e. The van der Waals surface area contributed by atoms with Gasteiger partial charge in [0.05, 0.1) is 34.9 Å². The van der Waals surface area contributed by atoms with Crippen LogP contribution in [-0.2, 0) is 4.74 Å². The van der Waals surface area contributed by atoms with E-state index in [-0.39, 0.29) is 11.5 Å². The average Bonchev–Trinajstić information content (AvgIpc) is 2.97. The molecular weight excluding hydrogens is 510 g/mol. The Morgan fingerprint density at radius 3 is 2.61 bits per heavy atom. The largest absolute Gasteiger partial charge is 0.501 e. The predicted octanol–water partition coefficient (Wildman–Crippen LogP) is 7.85. The fourth-order valence-electron chi connectivity index (χ4n) is 6.88. The quantitative estimate of drug-likeness (QED) is 0.119. The van der Waals surface area contributed by atoms with E-state index in [4.69, 9.17) is 19.4 Å². The molecule has 3 atom stereocenters. The number of methoxy groups -OCH3 is 1. The first-order chi connectivity index (χ1) is 19.7. The average molecular weight is 550 g/mol. The number of amides is 1. The van der Waals surface area contributed by atoms with Crippen molar-refractivity contribution in [3.05, 3.63) is 77.1 Å². The summed E-state index contributed by atoms with van der Waals surface area (Å²) in [6.07, 6.45) is 7.40. The molecule has 6 rings (SSSR count). The second-order valence-corrected chi connectivity index (χ2v) is 12.3. The summed E-state index contributed by atoms with van der Waals surface area (Å²) >= 11 is 0. The Balaban J connectivity index is 1.46. The second kappa shape index (κ2) is 10.5. The molecule has 1 aromatic heterocycles. The molecular formula is C35H39N3O3. The van der Waals surface area contributed by atoms with E-state index in [0.29, 0.717) is 35.4 Å². The van der Waals surface area contributed by atoms with Crippen molar-refractivity contribution in [3.63, 3.8) is 0 Å². The number of nitrogens with zero attached hydrogens (tertiary/aromatic N) is 2. The highest BCUT2D eigenvalue weighted by Gasteiger charge is 2.47. The van der Waals surface area contributed by atoms with Crippen molar-refractivity contribution in [1.29, 1.82) is 0 Å². The molecule has 1 N–H and O–H groups in total. The topological polar surface area (TPSA) is 73.3 Å². The fraction of sp³-hybridized carbons (Fsp3) is 0.400. The SMILES string of the molecule is CC=C(C=C(C)OC)CNC(=O)c1ccc2nc3c4c(c5ccccc5c3nc2c1)OC(C)(C)C1CCC(C)CC41. The van der Waals surface area contributed by atoms with Gasteiger partial charge in [0.25, 0.3) is 5.91 Å². The van der Waals surface area contributed by atoms with Gasteiger partial charge in [-0.2, -0.15) is 0 Å². The van der Waals surface area contributed by atoms with E-state index < -0.39 is 0 Å². The molecule has 6 nitrogen and oxygen atoms in total. The van der Waals surface area contributed by atoms with E-state index in [2.05, 4.69) is 44.3 Å². The Bertz CT molecular complexity index is 1740. The molecule has 2 aliphatic rings. The predicted molar refractivity (Wildman–Crippen MR) is 165 cm³/mol. The van der Waals surface area contributed by atoms with Gasteiger partial charge in [-0.25, -0.2) is 9.97 Å². The third-order valence-corrected chi connectivity index (χ3v) is 9.13. The molecule has 0 spiro atoms. The van der Waals surface area contributed by atoms with Gasteiger partial charge in [-0.05, 0) is 82.2 Å². The van der Waals surface area contributed by atoms with Crippen LogP contribution in [-0.4, -0.2) is 35.1 Å². The van der Waals surface area contributed by atoms with Crippen LogP contribution in [0.25, 0.3) is 32.8 Å². The second-order valence-electron chi connectivity index (χ2n) is 12.3. The summed E-state index contributed by atoms with van der Waals surface area (Å²) < 4.78 is 12.1. The molecule has 6 heteroatoms. The lowest BCUT2D eigenvalue weighted by atomic mass is 9.64. The smallest absolute Gasteiger partial charge is 0.251 e. The number of benzene rings is 3. The van der Waals surface area contributed by atoms with Crippen LogP contribution in [0.4, 0.5) is 0 Å². The maximum Gasteiger partial charge on any atom is 0.251 e. The molecule has 212 valence electrons. The number of aromatic nitrogens is 2. The summed E-state index contributed by atoms with van der Waals surface area (Å²) in [5.74, 6) is 3.07. The first-order valence-electron chi connectivity index (χ1n) is 14.7. The molecule has 1 fully saturated rings. The van der Waals surface area contributed by atoms with Crippen molar-refractivity contribution >= 4 is 38.7 Å². The molecule has 3 aromatic carbocycles. The van der Waals surface area contributed by atoms with Crippen LogP contribution >= 0.6 is 0 Å². The minimum atomic E-state index is -0.244. The van der Waals surface area contributed by atoms with Gasteiger partial charge in [-0.15, -0.1) is 0 Å². The van der Waals surface area contributed by atoms with Gasteiger partial charge in [-0.1, -0.05) is 43.7 Å². The Hall–Kier alpha value is -3.93. The van der Waals surface area contributed by atoms with Gasteiger partial charge in [0.2, 0.25) is 0 Å².